The van der Waals surface area contributed by atoms with E-state index < -0.39 is 0 Å². The minimum Gasteiger partial charge on any atom is -0.383 e. The molecule has 0 bridgehead atoms. The van der Waals surface area contributed by atoms with Gasteiger partial charge in [-0.05, 0) is 25.2 Å². The van der Waals surface area contributed by atoms with Crippen LogP contribution in [0.1, 0.15) is 51.8 Å². The van der Waals surface area contributed by atoms with Crippen molar-refractivity contribution in [2.45, 2.75) is 59.0 Å². The summed E-state index contributed by atoms with van der Waals surface area (Å²) in [6.45, 7) is 8.46. The third kappa shape index (κ3) is 2.82. The van der Waals surface area contributed by atoms with Crippen LogP contribution in [0.5, 0.6) is 0 Å². The minimum atomic E-state index is 0.565. The molecule has 0 saturated heterocycles. The first-order chi connectivity index (χ1) is 10.1. The van der Waals surface area contributed by atoms with Gasteiger partial charge in [-0.15, -0.1) is 0 Å². The first-order valence-electron chi connectivity index (χ1n) is 7.98. The van der Waals surface area contributed by atoms with Crippen LogP contribution in [0.15, 0.2) is 12.4 Å². The lowest BCUT2D eigenvalue weighted by molar-refractivity contribution is 0.512. The number of nitrogens with two attached hydrogens (primary N) is 1. The molecule has 114 valence electrons. The molecule has 21 heavy (non-hydrogen) atoms. The molecule has 0 aromatic carbocycles. The SMILES string of the molecule is CCCn1cc(-c2nc(C3CC3)n(CC(C)C)c2N)cn1. The predicted octanol–water partition coefficient (Wildman–Crippen LogP) is 3.27. The van der Waals surface area contributed by atoms with Gasteiger partial charge >= 0.3 is 0 Å². The van der Waals surface area contributed by atoms with E-state index in [1.807, 2.05) is 10.9 Å². The molecule has 2 aromatic heterocycles. The van der Waals surface area contributed by atoms with Crippen LogP contribution in [0.2, 0.25) is 0 Å². The summed E-state index contributed by atoms with van der Waals surface area (Å²) in [6.07, 6.45) is 7.49. The van der Waals surface area contributed by atoms with Gasteiger partial charge in [0.05, 0.1) is 6.20 Å². The molecule has 0 aliphatic heterocycles. The molecule has 5 nitrogen and oxygen atoms in total. The van der Waals surface area contributed by atoms with Crippen molar-refractivity contribution < 1.29 is 0 Å². The Hall–Kier alpha value is -1.78. The maximum Gasteiger partial charge on any atom is 0.131 e. The van der Waals surface area contributed by atoms with Crippen molar-refractivity contribution in [3.63, 3.8) is 0 Å². The molecule has 0 spiro atoms. The Morgan fingerprint density at radius 2 is 2.14 bits per heavy atom. The van der Waals surface area contributed by atoms with Crippen LogP contribution in [0.25, 0.3) is 11.3 Å². The number of aryl methyl sites for hydroxylation is 1. The van der Waals surface area contributed by atoms with Gasteiger partial charge in [-0.2, -0.15) is 5.10 Å². The van der Waals surface area contributed by atoms with Crippen LogP contribution >= 0.6 is 0 Å². The van der Waals surface area contributed by atoms with E-state index in [-0.39, 0.29) is 0 Å². The molecule has 0 amide bonds. The van der Waals surface area contributed by atoms with E-state index in [2.05, 4.69) is 36.6 Å². The Morgan fingerprint density at radius 3 is 2.76 bits per heavy atom. The van der Waals surface area contributed by atoms with Crippen LogP contribution < -0.4 is 5.73 Å². The van der Waals surface area contributed by atoms with Crippen molar-refractivity contribution in [1.29, 1.82) is 0 Å². The van der Waals surface area contributed by atoms with Crippen molar-refractivity contribution in [2.24, 2.45) is 5.92 Å². The number of anilines is 1. The average Bonchev–Trinajstić information content (AvgIpc) is 3.09. The number of hydrogen-bond acceptors (Lipinski definition) is 3. The van der Waals surface area contributed by atoms with Crippen molar-refractivity contribution >= 4 is 5.82 Å². The molecule has 1 aliphatic rings. The van der Waals surface area contributed by atoms with Gasteiger partial charge in [-0.25, -0.2) is 4.98 Å². The third-order valence-electron chi connectivity index (χ3n) is 3.89. The van der Waals surface area contributed by atoms with Crippen molar-refractivity contribution in [2.75, 3.05) is 5.73 Å². The van der Waals surface area contributed by atoms with E-state index in [9.17, 15) is 0 Å². The van der Waals surface area contributed by atoms with Gasteiger partial charge in [-0.1, -0.05) is 20.8 Å². The van der Waals surface area contributed by atoms with Gasteiger partial charge in [0.2, 0.25) is 0 Å². The number of aromatic nitrogens is 4. The second kappa shape index (κ2) is 5.54. The number of hydrogen-bond donors (Lipinski definition) is 1. The molecule has 1 fully saturated rings. The fraction of sp³-hybridized carbons (Fsp3) is 0.625. The first-order valence-corrected chi connectivity index (χ1v) is 7.98. The number of nitrogen functional groups attached to an aromatic ring is 1. The molecule has 2 heterocycles. The molecule has 2 N–H and O–H groups in total. The minimum absolute atomic E-state index is 0.565. The van der Waals surface area contributed by atoms with Crippen LogP contribution in [-0.4, -0.2) is 19.3 Å². The quantitative estimate of drug-likeness (QED) is 0.887. The highest BCUT2D eigenvalue weighted by molar-refractivity contribution is 5.70. The van der Waals surface area contributed by atoms with Crippen LogP contribution in [0.3, 0.4) is 0 Å². The fourth-order valence-electron chi connectivity index (χ4n) is 2.74. The Bertz CT molecular complexity index is 619. The summed E-state index contributed by atoms with van der Waals surface area (Å²) in [5, 5.41) is 4.40. The van der Waals surface area contributed by atoms with Crippen molar-refractivity contribution in [1.82, 2.24) is 19.3 Å². The highest BCUT2D eigenvalue weighted by Crippen LogP contribution is 2.42. The number of nitrogens with zero attached hydrogens (tertiary/aromatic N) is 4. The Balaban J connectivity index is 1.97. The molecule has 0 radical (unpaired) electrons. The maximum absolute atomic E-state index is 6.40. The fourth-order valence-corrected chi connectivity index (χ4v) is 2.74. The normalized spacial score (nSPS) is 15.0. The third-order valence-corrected chi connectivity index (χ3v) is 3.89. The van der Waals surface area contributed by atoms with Crippen LogP contribution in [-0.2, 0) is 13.1 Å². The zero-order valence-electron chi connectivity index (χ0n) is 13.2. The van der Waals surface area contributed by atoms with Gasteiger partial charge in [-0.3, -0.25) is 4.68 Å². The summed E-state index contributed by atoms with van der Waals surface area (Å²) in [6, 6.07) is 0. The highest BCUT2D eigenvalue weighted by Gasteiger charge is 2.31. The van der Waals surface area contributed by atoms with Crippen molar-refractivity contribution in [3.8, 4) is 11.3 Å². The Kier molecular flexibility index (Phi) is 3.74. The Labute approximate surface area is 126 Å². The van der Waals surface area contributed by atoms with Gasteiger partial charge in [0, 0.05) is 30.8 Å². The van der Waals surface area contributed by atoms with Gasteiger partial charge in [0.25, 0.3) is 0 Å². The van der Waals surface area contributed by atoms with Gasteiger partial charge in [0.15, 0.2) is 0 Å². The zero-order chi connectivity index (χ0) is 15.0. The highest BCUT2D eigenvalue weighted by atomic mass is 15.3. The monoisotopic (exact) mass is 287 g/mol. The lowest BCUT2D eigenvalue weighted by Gasteiger charge is -2.11. The van der Waals surface area contributed by atoms with E-state index in [1.54, 1.807) is 0 Å². The molecular formula is C16H25N5. The lowest BCUT2D eigenvalue weighted by Crippen LogP contribution is -2.10. The molecule has 1 aliphatic carbocycles. The van der Waals surface area contributed by atoms with Gasteiger partial charge in [0.1, 0.15) is 17.3 Å². The summed E-state index contributed by atoms with van der Waals surface area (Å²) in [4.78, 5) is 4.85. The summed E-state index contributed by atoms with van der Waals surface area (Å²) >= 11 is 0. The molecular weight excluding hydrogens is 262 g/mol. The standard InChI is InChI=1S/C16H25N5/c1-4-7-20-10-13(8-18-20)14-15(17)21(9-11(2)3)16(19-14)12-5-6-12/h8,10-12H,4-7,9,17H2,1-3H3. The van der Waals surface area contributed by atoms with Crippen LogP contribution in [0, 0.1) is 5.92 Å². The van der Waals surface area contributed by atoms with Gasteiger partial charge < -0.3 is 10.3 Å². The van der Waals surface area contributed by atoms with E-state index >= 15 is 0 Å². The molecule has 1 saturated carbocycles. The largest absolute Gasteiger partial charge is 0.383 e. The van der Waals surface area contributed by atoms with E-state index in [4.69, 9.17) is 10.7 Å². The molecule has 2 aromatic rings. The number of rotatable bonds is 6. The summed E-state index contributed by atoms with van der Waals surface area (Å²) in [7, 11) is 0. The zero-order valence-corrected chi connectivity index (χ0v) is 13.2. The maximum atomic E-state index is 6.40. The molecule has 5 heteroatoms. The van der Waals surface area contributed by atoms with Crippen molar-refractivity contribution in [3.05, 3.63) is 18.2 Å². The molecule has 3 rings (SSSR count). The number of imidazole rings is 1. The first kappa shape index (κ1) is 14.2. The predicted molar refractivity (Wildman–Crippen MR) is 85.0 cm³/mol. The topological polar surface area (TPSA) is 61.7 Å². The average molecular weight is 287 g/mol. The molecule has 0 unspecified atom stereocenters. The van der Waals surface area contributed by atoms with E-state index in [0.717, 1.165) is 36.6 Å². The van der Waals surface area contributed by atoms with Crippen LogP contribution in [0.4, 0.5) is 5.82 Å². The smallest absolute Gasteiger partial charge is 0.131 e. The summed E-state index contributed by atoms with van der Waals surface area (Å²) < 4.78 is 4.18. The summed E-state index contributed by atoms with van der Waals surface area (Å²) in [5.41, 5.74) is 8.33. The van der Waals surface area contributed by atoms with E-state index in [0.29, 0.717) is 11.8 Å². The second-order valence-corrected chi connectivity index (χ2v) is 6.47. The lowest BCUT2D eigenvalue weighted by atomic mass is 10.2. The van der Waals surface area contributed by atoms with E-state index in [1.165, 1.54) is 18.7 Å². The Morgan fingerprint density at radius 1 is 1.38 bits per heavy atom. The molecule has 0 atom stereocenters. The second-order valence-electron chi connectivity index (χ2n) is 6.47. The summed E-state index contributed by atoms with van der Waals surface area (Å²) in [5.74, 6) is 3.13.